The average Bonchev–Trinajstić information content (AvgIpc) is 3.20. The van der Waals surface area contributed by atoms with Gasteiger partial charge in [0.25, 0.3) is 0 Å². The van der Waals surface area contributed by atoms with Crippen molar-refractivity contribution in [2.24, 2.45) is 0 Å². The zero-order valence-electron chi connectivity index (χ0n) is 11.9. The van der Waals surface area contributed by atoms with Crippen molar-refractivity contribution in [3.8, 4) is 11.5 Å². The van der Waals surface area contributed by atoms with E-state index in [0.717, 1.165) is 33.8 Å². The maximum absolute atomic E-state index is 5.84. The second kappa shape index (κ2) is 5.41. The second-order valence-corrected chi connectivity index (χ2v) is 5.09. The average molecular weight is 286 g/mol. The molecule has 2 aromatic heterocycles. The van der Waals surface area contributed by atoms with Crippen LogP contribution < -0.4 is 0 Å². The number of rotatable bonds is 3. The molecule has 22 heavy (non-hydrogen) atoms. The van der Waals surface area contributed by atoms with Crippen LogP contribution in [0.1, 0.15) is 11.3 Å². The van der Waals surface area contributed by atoms with Gasteiger partial charge in [-0.25, -0.2) is 0 Å². The molecule has 0 unspecified atom stereocenters. The van der Waals surface area contributed by atoms with Gasteiger partial charge in [0.2, 0.25) is 0 Å². The molecule has 0 bridgehead atoms. The molecule has 4 aromatic rings. The summed E-state index contributed by atoms with van der Waals surface area (Å²) in [5.41, 5.74) is 2.01. The Morgan fingerprint density at radius 1 is 0.636 bits per heavy atom. The lowest BCUT2D eigenvalue weighted by Gasteiger charge is -1.91. The zero-order chi connectivity index (χ0) is 14.8. The Morgan fingerprint density at radius 2 is 1.45 bits per heavy atom. The third-order valence-corrected chi connectivity index (χ3v) is 3.53. The Hall–Kier alpha value is -3.00. The topological polar surface area (TPSA) is 26.3 Å². The Morgan fingerprint density at radius 3 is 2.32 bits per heavy atom. The van der Waals surface area contributed by atoms with E-state index >= 15 is 0 Å². The fourth-order valence-corrected chi connectivity index (χ4v) is 2.42. The van der Waals surface area contributed by atoms with Crippen LogP contribution in [0.2, 0.25) is 0 Å². The summed E-state index contributed by atoms with van der Waals surface area (Å²) >= 11 is 0. The molecular weight excluding hydrogens is 272 g/mol. The van der Waals surface area contributed by atoms with Crippen molar-refractivity contribution in [2.75, 3.05) is 0 Å². The van der Waals surface area contributed by atoms with Crippen molar-refractivity contribution in [3.05, 3.63) is 84.1 Å². The molecule has 0 saturated heterocycles. The lowest BCUT2D eigenvalue weighted by atomic mass is 10.2. The van der Waals surface area contributed by atoms with Gasteiger partial charge < -0.3 is 8.83 Å². The number of fused-ring (bicyclic) bond motifs is 1. The summed E-state index contributed by atoms with van der Waals surface area (Å²) in [4.78, 5) is 0. The molecule has 0 saturated carbocycles. The van der Waals surface area contributed by atoms with Gasteiger partial charge in [0, 0.05) is 5.39 Å². The van der Waals surface area contributed by atoms with E-state index in [-0.39, 0.29) is 0 Å². The lowest BCUT2D eigenvalue weighted by Crippen LogP contribution is -1.68. The molecule has 4 rings (SSSR count). The van der Waals surface area contributed by atoms with E-state index in [2.05, 4.69) is 12.1 Å². The van der Waals surface area contributed by atoms with Crippen LogP contribution >= 0.6 is 0 Å². The normalized spacial score (nSPS) is 11.5. The molecule has 0 atom stereocenters. The molecule has 106 valence electrons. The van der Waals surface area contributed by atoms with E-state index < -0.39 is 0 Å². The minimum absolute atomic E-state index is 0.740. The molecule has 0 spiro atoms. The van der Waals surface area contributed by atoms with Crippen molar-refractivity contribution >= 4 is 23.1 Å². The van der Waals surface area contributed by atoms with Crippen LogP contribution in [-0.4, -0.2) is 0 Å². The smallest absolute Gasteiger partial charge is 0.170 e. The Kier molecular flexibility index (Phi) is 3.13. The van der Waals surface area contributed by atoms with Crippen molar-refractivity contribution in [1.82, 2.24) is 0 Å². The van der Waals surface area contributed by atoms with Crippen molar-refractivity contribution in [2.45, 2.75) is 0 Å². The third kappa shape index (κ3) is 2.47. The maximum atomic E-state index is 5.84. The van der Waals surface area contributed by atoms with Crippen LogP contribution in [0.4, 0.5) is 0 Å². The highest BCUT2D eigenvalue weighted by Crippen LogP contribution is 2.29. The van der Waals surface area contributed by atoms with E-state index in [1.165, 1.54) is 0 Å². The predicted molar refractivity (Wildman–Crippen MR) is 89.3 cm³/mol. The minimum atomic E-state index is 0.740. The van der Waals surface area contributed by atoms with E-state index in [1.807, 2.05) is 72.8 Å². The Labute approximate surface area is 128 Å². The quantitative estimate of drug-likeness (QED) is 0.471. The van der Waals surface area contributed by atoms with E-state index in [4.69, 9.17) is 8.83 Å². The number of hydrogen-bond donors (Lipinski definition) is 0. The van der Waals surface area contributed by atoms with Gasteiger partial charge in [-0.1, -0.05) is 54.6 Å². The molecule has 0 radical (unpaired) electrons. The Bertz CT molecular complexity index is 893. The van der Waals surface area contributed by atoms with Crippen LogP contribution in [0.15, 0.2) is 81.6 Å². The molecule has 0 amide bonds. The lowest BCUT2D eigenvalue weighted by molar-refractivity contribution is 0.536. The first-order valence-corrected chi connectivity index (χ1v) is 7.20. The molecule has 2 nitrogen and oxygen atoms in total. The largest absolute Gasteiger partial charge is 0.453 e. The summed E-state index contributed by atoms with van der Waals surface area (Å²) in [6.45, 7) is 0. The Balaban J connectivity index is 1.62. The molecule has 0 aliphatic heterocycles. The number of para-hydroxylation sites is 1. The standard InChI is InChI=1S/C20H14O2/c1-2-6-15(7-3-1)10-11-17-12-13-19(21-17)20-14-16-8-4-5-9-18(16)22-20/h1-14H/b11-10+. The van der Waals surface area contributed by atoms with Crippen LogP contribution in [0.25, 0.3) is 34.6 Å². The van der Waals surface area contributed by atoms with Crippen LogP contribution in [-0.2, 0) is 0 Å². The number of furan rings is 2. The zero-order valence-corrected chi connectivity index (χ0v) is 11.9. The summed E-state index contributed by atoms with van der Waals surface area (Å²) in [6, 6.07) is 24.0. The van der Waals surface area contributed by atoms with Gasteiger partial charge in [-0.2, -0.15) is 0 Å². The van der Waals surface area contributed by atoms with Gasteiger partial charge in [-0.3, -0.25) is 0 Å². The van der Waals surface area contributed by atoms with E-state index in [1.54, 1.807) is 0 Å². The van der Waals surface area contributed by atoms with E-state index in [9.17, 15) is 0 Å². The maximum Gasteiger partial charge on any atom is 0.170 e. The van der Waals surface area contributed by atoms with Crippen LogP contribution in [0, 0.1) is 0 Å². The number of benzene rings is 2. The molecular formula is C20H14O2. The summed E-state index contributed by atoms with van der Waals surface area (Å²) in [6.07, 6.45) is 3.99. The molecule has 0 aliphatic rings. The summed E-state index contributed by atoms with van der Waals surface area (Å²) in [7, 11) is 0. The van der Waals surface area contributed by atoms with Crippen molar-refractivity contribution in [1.29, 1.82) is 0 Å². The number of hydrogen-bond acceptors (Lipinski definition) is 2. The molecule has 2 heterocycles. The first-order chi connectivity index (χ1) is 10.9. The van der Waals surface area contributed by atoms with Gasteiger partial charge >= 0.3 is 0 Å². The predicted octanol–water partition coefficient (Wildman–Crippen LogP) is 5.86. The highest BCUT2D eigenvalue weighted by Gasteiger charge is 2.09. The third-order valence-electron chi connectivity index (χ3n) is 3.53. The molecule has 2 heteroatoms. The monoisotopic (exact) mass is 286 g/mol. The fourth-order valence-electron chi connectivity index (χ4n) is 2.42. The van der Waals surface area contributed by atoms with Crippen LogP contribution in [0.5, 0.6) is 0 Å². The van der Waals surface area contributed by atoms with Gasteiger partial charge in [0.15, 0.2) is 11.5 Å². The molecule has 0 N–H and O–H groups in total. The van der Waals surface area contributed by atoms with Crippen molar-refractivity contribution < 1.29 is 8.83 Å². The fraction of sp³-hybridized carbons (Fsp3) is 0. The van der Waals surface area contributed by atoms with Gasteiger partial charge in [0.1, 0.15) is 11.3 Å². The minimum Gasteiger partial charge on any atom is -0.453 e. The summed E-state index contributed by atoms with van der Waals surface area (Å²) in [5, 5.41) is 1.08. The SMILES string of the molecule is C(=C\c1ccc(-c2cc3ccccc3o2)o1)/c1ccccc1. The second-order valence-electron chi connectivity index (χ2n) is 5.09. The highest BCUT2D eigenvalue weighted by atomic mass is 16.4. The summed E-state index contributed by atoms with van der Waals surface area (Å²) < 4.78 is 11.7. The first-order valence-electron chi connectivity index (χ1n) is 7.20. The van der Waals surface area contributed by atoms with Crippen LogP contribution in [0.3, 0.4) is 0 Å². The highest BCUT2D eigenvalue weighted by molar-refractivity contribution is 5.82. The molecule has 0 fully saturated rings. The van der Waals surface area contributed by atoms with Gasteiger partial charge in [0.05, 0.1) is 0 Å². The van der Waals surface area contributed by atoms with Gasteiger partial charge in [-0.05, 0) is 35.9 Å². The molecule has 2 aromatic carbocycles. The molecule has 0 aliphatic carbocycles. The van der Waals surface area contributed by atoms with Crippen molar-refractivity contribution in [3.63, 3.8) is 0 Å². The van der Waals surface area contributed by atoms with E-state index in [0.29, 0.717) is 0 Å². The van der Waals surface area contributed by atoms with Gasteiger partial charge in [-0.15, -0.1) is 0 Å². The summed E-state index contributed by atoms with van der Waals surface area (Å²) in [5.74, 6) is 2.30. The first kappa shape index (κ1) is 12.7.